The van der Waals surface area contributed by atoms with Gasteiger partial charge in [0, 0.05) is 0 Å². The highest BCUT2D eigenvalue weighted by Crippen LogP contribution is 2.21. The third kappa shape index (κ3) is 2.45. The van der Waals surface area contributed by atoms with E-state index >= 15 is 0 Å². The lowest BCUT2D eigenvalue weighted by Crippen LogP contribution is -2.21. The third-order valence-corrected chi connectivity index (χ3v) is 3.92. The molecule has 0 bridgehead atoms. The van der Waals surface area contributed by atoms with Gasteiger partial charge >= 0.3 is 0 Å². The highest BCUT2D eigenvalue weighted by molar-refractivity contribution is 7.92. The van der Waals surface area contributed by atoms with Crippen LogP contribution in [0.2, 0.25) is 0 Å². The zero-order chi connectivity index (χ0) is 9.19. The topological polar surface area (TPSA) is 43.4 Å². The zero-order valence-electron chi connectivity index (χ0n) is 7.62. The molecule has 1 atom stereocenters. The van der Waals surface area contributed by atoms with Gasteiger partial charge in [-0.2, -0.15) is 0 Å². The normalized spacial score (nSPS) is 28.1. The van der Waals surface area contributed by atoms with Crippen LogP contribution < -0.4 is 0 Å². The molecular weight excluding hydrogens is 176 g/mol. The summed E-state index contributed by atoms with van der Waals surface area (Å²) >= 11 is 0. The van der Waals surface area contributed by atoms with E-state index in [0.717, 1.165) is 6.42 Å². The molecule has 4 heteroatoms. The summed E-state index contributed by atoms with van der Waals surface area (Å²) in [6, 6.07) is 0. The van der Waals surface area contributed by atoms with E-state index in [1.54, 1.807) is 0 Å². The van der Waals surface area contributed by atoms with Gasteiger partial charge in [0.15, 0.2) is 15.3 Å². The van der Waals surface area contributed by atoms with Crippen molar-refractivity contribution >= 4 is 9.84 Å². The Balaban J connectivity index is 2.43. The lowest BCUT2D eigenvalue weighted by molar-refractivity contribution is 0.0836. The van der Waals surface area contributed by atoms with E-state index in [0.29, 0.717) is 24.7 Å². The Hall–Kier alpha value is -0.0900. The van der Waals surface area contributed by atoms with E-state index in [4.69, 9.17) is 4.74 Å². The van der Waals surface area contributed by atoms with Gasteiger partial charge in [-0.05, 0) is 18.8 Å². The Morgan fingerprint density at radius 2 is 2.17 bits per heavy atom. The van der Waals surface area contributed by atoms with Crippen LogP contribution in [-0.4, -0.2) is 26.2 Å². The second kappa shape index (κ2) is 3.75. The highest BCUT2D eigenvalue weighted by atomic mass is 32.2. The first-order chi connectivity index (χ1) is 5.52. The van der Waals surface area contributed by atoms with Crippen LogP contribution in [0.25, 0.3) is 0 Å². The monoisotopic (exact) mass is 192 g/mol. The van der Waals surface area contributed by atoms with Crippen molar-refractivity contribution < 1.29 is 13.2 Å². The van der Waals surface area contributed by atoms with Crippen LogP contribution in [0.3, 0.4) is 0 Å². The van der Waals surface area contributed by atoms with Crippen molar-refractivity contribution in [2.24, 2.45) is 5.92 Å². The summed E-state index contributed by atoms with van der Waals surface area (Å²) in [4.78, 5) is 0. The van der Waals surface area contributed by atoms with Crippen LogP contribution >= 0.6 is 0 Å². The first-order valence-electron chi connectivity index (χ1n) is 4.35. The smallest absolute Gasteiger partial charge is 0.177 e. The minimum atomic E-state index is -2.90. The molecule has 1 rings (SSSR count). The summed E-state index contributed by atoms with van der Waals surface area (Å²) < 4.78 is 27.8. The van der Waals surface area contributed by atoms with Gasteiger partial charge in [-0.25, -0.2) is 8.42 Å². The largest absolute Gasteiger partial charge is 0.362 e. The summed E-state index contributed by atoms with van der Waals surface area (Å²) in [6.45, 7) is 4.58. The number of hydrogen-bond acceptors (Lipinski definition) is 3. The molecule has 0 radical (unpaired) electrons. The summed E-state index contributed by atoms with van der Waals surface area (Å²) in [5, 5.41) is 0. The molecule has 3 nitrogen and oxygen atoms in total. The molecule has 0 aromatic heterocycles. The number of rotatable bonds is 3. The summed E-state index contributed by atoms with van der Waals surface area (Å²) in [7, 11) is -2.90. The number of ether oxygens (including phenoxy) is 1. The fraction of sp³-hybridized carbons (Fsp3) is 1.00. The zero-order valence-corrected chi connectivity index (χ0v) is 8.43. The molecule has 0 N–H and O–H groups in total. The van der Waals surface area contributed by atoms with E-state index in [1.165, 1.54) is 0 Å². The van der Waals surface area contributed by atoms with Gasteiger partial charge in [0.2, 0.25) is 0 Å². The van der Waals surface area contributed by atoms with Crippen LogP contribution in [0.4, 0.5) is 0 Å². The van der Waals surface area contributed by atoms with E-state index in [1.807, 2.05) is 13.8 Å². The van der Waals surface area contributed by atoms with Gasteiger partial charge in [-0.15, -0.1) is 0 Å². The maximum Gasteiger partial charge on any atom is 0.177 e. The highest BCUT2D eigenvalue weighted by Gasteiger charge is 2.31. The molecule has 0 aliphatic carbocycles. The molecule has 0 spiro atoms. The second-order valence-electron chi connectivity index (χ2n) is 3.67. The van der Waals surface area contributed by atoms with E-state index < -0.39 is 15.3 Å². The molecule has 12 heavy (non-hydrogen) atoms. The number of sulfone groups is 1. The fourth-order valence-corrected chi connectivity index (χ4v) is 2.89. The molecule has 1 aliphatic heterocycles. The quantitative estimate of drug-likeness (QED) is 0.674. The van der Waals surface area contributed by atoms with Crippen molar-refractivity contribution in [2.45, 2.75) is 32.1 Å². The van der Waals surface area contributed by atoms with Gasteiger partial charge in [-0.1, -0.05) is 13.8 Å². The van der Waals surface area contributed by atoms with Crippen molar-refractivity contribution in [2.75, 3.05) is 12.4 Å². The van der Waals surface area contributed by atoms with E-state index in [-0.39, 0.29) is 0 Å². The Kier molecular flexibility index (Phi) is 3.12. The Morgan fingerprint density at radius 1 is 1.50 bits per heavy atom. The maximum absolute atomic E-state index is 11.2. The number of hydrogen-bond donors (Lipinski definition) is 0. The van der Waals surface area contributed by atoms with Crippen molar-refractivity contribution in [3.05, 3.63) is 0 Å². The molecule has 0 saturated carbocycles. The van der Waals surface area contributed by atoms with Gasteiger partial charge in [-0.3, -0.25) is 0 Å². The second-order valence-corrected chi connectivity index (χ2v) is 5.93. The lowest BCUT2D eigenvalue weighted by atomic mass is 10.2. The third-order valence-electron chi connectivity index (χ3n) is 1.88. The van der Waals surface area contributed by atoms with Crippen LogP contribution in [0.5, 0.6) is 0 Å². The van der Waals surface area contributed by atoms with Crippen LogP contribution in [-0.2, 0) is 14.6 Å². The predicted molar refractivity (Wildman–Crippen MR) is 47.6 cm³/mol. The Labute approximate surface area is 74.0 Å². The molecule has 0 amide bonds. The molecule has 1 saturated heterocycles. The SMILES string of the molecule is CC(C)COC1CCCS1(=O)=O. The molecule has 0 aromatic rings. The average molecular weight is 192 g/mol. The van der Waals surface area contributed by atoms with Crippen LogP contribution in [0.1, 0.15) is 26.7 Å². The fourth-order valence-electron chi connectivity index (χ4n) is 1.25. The summed E-state index contributed by atoms with van der Waals surface area (Å²) in [5.74, 6) is 0.705. The van der Waals surface area contributed by atoms with Crippen molar-refractivity contribution in [3.63, 3.8) is 0 Å². The minimum absolute atomic E-state index is 0.301. The molecule has 72 valence electrons. The van der Waals surface area contributed by atoms with Gasteiger partial charge < -0.3 is 4.74 Å². The van der Waals surface area contributed by atoms with E-state index in [9.17, 15) is 8.42 Å². The molecule has 1 unspecified atom stereocenters. The Morgan fingerprint density at radius 3 is 2.58 bits per heavy atom. The average Bonchev–Trinajstić information content (AvgIpc) is 2.25. The molecule has 1 aliphatic rings. The van der Waals surface area contributed by atoms with Gasteiger partial charge in [0.1, 0.15) is 0 Å². The van der Waals surface area contributed by atoms with E-state index in [2.05, 4.69) is 0 Å². The van der Waals surface area contributed by atoms with Crippen LogP contribution in [0.15, 0.2) is 0 Å². The van der Waals surface area contributed by atoms with Crippen molar-refractivity contribution in [1.82, 2.24) is 0 Å². The van der Waals surface area contributed by atoms with Gasteiger partial charge in [0.25, 0.3) is 0 Å². The van der Waals surface area contributed by atoms with Crippen molar-refractivity contribution in [1.29, 1.82) is 0 Å². The standard InChI is InChI=1S/C8H16O3S/c1-7(2)6-11-8-4-3-5-12(8,9)10/h7-8H,3-6H2,1-2H3. The molecular formula is C8H16O3S. The molecule has 1 fully saturated rings. The molecule has 0 aromatic carbocycles. The minimum Gasteiger partial charge on any atom is -0.362 e. The lowest BCUT2D eigenvalue weighted by Gasteiger charge is -2.12. The maximum atomic E-state index is 11.2. The predicted octanol–water partition coefficient (Wildman–Crippen LogP) is 1.19. The van der Waals surface area contributed by atoms with Crippen LogP contribution in [0, 0.1) is 5.92 Å². The Bertz CT molecular complexity index is 231. The first kappa shape index (κ1) is 9.99. The summed E-state index contributed by atoms with van der Waals surface area (Å²) in [6.07, 6.45) is 1.43. The van der Waals surface area contributed by atoms with Gasteiger partial charge in [0.05, 0.1) is 12.4 Å². The first-order valence-corrected chi connectivity index (χ1v) is 6.07. The summed E-state index contributed by atoms with van der Waals surface area (Å²) in [5.41, 5.74) is -0.514. The molecule has 1 heterocycles. The van der Waals surface area contributed by atoms with Crippen molar-refractivity contribution in [3.8, 4) is 0 Å².